The molecule has 1 fully saturated rings. The predicted molar refractivity (Wildman–Crippen MR) is 131 cm³/mol. The third-order valence-electron chi connectivity index (χ3n) is 6.57. The molecule has 8 nitrogen and oxygen atoms in total. The van der Waals surface area contributed by atoms with Gasteiger partial charge in [-0.25, -0.2) is 27.2 Å². The lowest BCUT2D eigenvalue weighted by Crippen LogP contribution is -2.34. The molecule has 0 spiro atoms. The van der Waals surface area contributed by atoms with Crippen LogP contribution in [0.4, 0.5) is 14.7 Å². The normalized spacial score (nSPS) is 14.9. The number of hydrogen-bond acceptors (Lipinski definition) is 7. The minimum atomic E-state index is -3.55. The van der Waals surface area contributed by atoms with E-state index in [9.17, 15) is 12.8 Å². The van der Waals surface area contributed by atoms with Gasteiger partial charge in [-0.2, -0.15) is 0 Å². The van der Waals surface area contributed by atoms with Gasteiger partial charge in [-0.1, -0.05) is 0 Å². The number of sulfone groups is 1. The Morgan fingerprint density at radius 3 is 2.39 bits per heavy atom. The van der Waals surface area contributed by atoms with Crippen LogP contribution in [0.15, 0.2) is 53.9 Å². The van der Waals surface area contributed by atoms with Crippen LogP contribution in [-0.2, 0) is 16.4 Å². The number of nitrogens with zero attached hydrogens (tertiary/aromatic N) is 5. The Bertz CT molecular complexity index is 1510. The summed E-state index contributed by atoms with van der Waals surface area (Å²) in [6.45, 7) is 1.51. The van der Waals surface area contributed by atoms with Crippen molar-refractivity contribution in [3.8, 4) is 5.75 Å². The molecule has 0 saturated carbocycles. The van der Waals surface area contributed by atoms with Gasteiger partial charge < -0.3 is 14.2 Å². The van der Waals surface area contributed by atoms with Crippen molar-refractivity contribution in [1.29, 1.82) is 0 Å². The molecule has 0 bridgehead atoms. The van der Waals surface area contributed by atoms with Crippen molar-refractivity contribution < 1.29 is 21.9 Å². The molecule has 0 amide bonds. The molecular weight excluding hydrogens is 488 g/mol. The van der Waals surface area contributed by atoms with Crippen molar-refractivity contribution in [2.24, 2.45) is 0 Å². The average molecular weight is 514 g/mol. The van der Waals surface area contributed by atoms with Gasteiger partial charge in [0.2, 0.25) is 5.95 Å². The summed E-state index contributed by atoms with van der Waals surface area (Å²) in [6.07, 6.45) is 9.21. The van der Waals surface area contributed by atoms with Crippen molar-refractivity contribution in [2.45, 2.75) is 30.2 Å². The lowest BCUT2D eigenvalue weighted by molar-refractivity contribution is 0.410. The van der Waals surface area contributed by atoms with Crippen LogP contribution in [0.1, 0.15) is 30.0 Å². The quantitative estimate of drug-likeness (QED) is 0.386. The number of ether oxygens (including phenoxy) is 1. The monoisotopic (exact) mass is 513 g/mol. The highest BCUT2D eigenvalue weighted by Crippen LogP contribution is 2.30. The first-order valence-electron chi connectivity index (χ1n) is 11.5. The summed E-state index contributed by atoms with van der Waals surface area (Å²) < 4.78 is 60.0. The molecular formula is C25H25F2N5O3S. The van der Waals surface area contributed by atoms with Gasteiger partial charge in [0, 0.05) is 37.1 Å². The van der Waals surface area contributed by atoms with Gasteiger partial charge in [-0.05, 0) is 48.6 Å². The van der Waals surface area contributed by atoms with Crippen LogP contribution in [0, 0.1) is 11.6 Å². The summed E-state index contributed by atoms with van der Waals surface area (Å²) >= 11 is 0. The molecule has 0 radical (unpaired) electrons. The SMILES string of the molecule is COc1cnc(N2CCC(c3cnc(Cn4ccc5cc(S(C)(=O)=O)cc(F)c54)c(F)c3)CC2)nc1. The van der Waals surface area contributed by atoms with Crippen molar-refractivity contribution >= 4 is 26.7 Å². The third kappa shape index (κ3) is 4.75. The number of methoxy groups -OCH3 is 1. The first-order chi connectivity index (χ1) is 17.2. The molecule has 0 atom stereocenters. The van der Waals surface area contributed by atoms with Crippen LogP contribution in [-0.4, -0.2) is 54.4 Å². The van der Waals surface area contributed by atoms with Crippen LogP contribution in [0.5, 0.6) is 5.75 Å². The van der Waals surface area contributed by atoms with E-state index in [2.05, 4.69) is 19.9 Å². The van der Waals surface area contributed by atoms with E-state index in [1.807, 2.05) is 0 Å². The zero-order chi connectivity index (χ0) is 25.4. The summed E-state index contributed by atoms with van der Waals surface area (Å²) in [5, 5.41) is 0.431. The van der Waals surface area contributed by atoms with Crippen LogP contribution in [0.3, 0.4) is 0 Å². The average Bonchev–Trinajstić information content (AvgIpc) is 3.28. The summed E-state index contributed by atoms with van der Waals surface area (Å²) in [4.78, 5) is 15.0. The summed E-state index contributed by atoms with van der Waals surface area (Å²) in [6, 6.07) is 5.53. The molecule has 0 unspecified atom stereocenters. The molecule has 3 aromatic heterocycles. The lowest BCUT2D eigenvalue weighted by Gasteiger charge is -2.32. The zero-order valence-corrected chi connectivity index (χ0v) is 20.7. The molecule has 11 heteroatoms. The highest BCUT2D eigenvalue weighted by atomic mass is 32.2. The number of piperidine rings is 1. The Kier molecular flexibility index (Phi) is 6.33. The van der Waals surface area contributed by atoms with E-state index < -0.39 is 21.5 Å². The van der Waals surface area contributed by atoms with Crippen LogP contribution < -0.4 is 9.64 Å². The van der Waals surface area contributed by atoms with Gasteiger partial charge in [-0.15, -0.1) is 0 Å². The van der Waals surface area contributed by atoms with Gasteiger partial charge >= 0.3 is 0 Å². The number of hydrogen-bond donors (Lipinski definition) is 0. The number of fused-ring (bicyclic) bond motifs is 1. The topological polar surface area (TPSA) is 90.2 Å². The van der Waals surface area contributed by atoms with Gasteiger partial charge in [0.1, 0.15) is 11.6 Å². The number of rotatable bonds is 6. The highest BCUT2D eigenvalue weighted by molar-refractivity contribution is 7.90. The predicted octanol–water partition coefficient (Wildman–Crippen LogP) is 3.95. The Balaban J connectivity index is 1.29. The van der Waals surface area contributed by atoms with Crippen LogP contribution >= 0.6 is 0 Å². The van der Waals surface area contributed by atoms with Gasteiger partial charge in [0.05, 0.1) is 42.2 Å². The summed E-state index contributed by atoms with van der Waals surface area (Å²) in [5.41, 5.74) is 1.22. The molecule has 36 heavy (non-hydrogen) atoms. The van der Waals surface area contributed by atoms with Gasteiger partial charge in [0.25, 0.3) is 0 Å². The maximum atomic E-state index is 15.0. The molecule has 4 aromatic rings. The van der Waals surface area contributed by atoms with E-state index in [4.69, 9.17) is 4.74 Å². The Morgan fingerprint density at radius 2 is 1.75 bits per heavy atom. The molecule has 0 N–H and O–H groups in total. The standard InChI is InChI=1S/C25H25F2N5O3S/c1-35-19-13-29-25(30-14-19)31-6-3-16(4-7-31)18-10-21(26)23(28-12-18)15-32-8-5-17-9-20(36(2,33)34)11-22(27)24(17)32/h5,8-14,16H,3-4,6-7,15H2,1-2H3. The molecule has 1 aromatic carbocycles. The minimum absolute atomic E-state index is 0.0258. The van der Waals surface area contributed by atoms with Crippen molar-refractivity contribution in [3.63, 3.8) is 0 Å². The molecule has 5 rings (SSSR count). The van der Waals surface area contributed by atoms with E-state index in [0.29, 0.717) is 17.1 Å². The van der Waals surface area contributed by atoms with Gasteiger partial charge in [-0.3, -0.25) is 4.98 Å². The van der Waals surface area contributed by atoms with E-state index in [1.165, 1.54) is 16.7 Å². The number of halogens is 2. The Labute approximate surface area is 207 Å². The Hall–Kier alpha value is -3.60. The van der Waals surface area contributed by atoms with E-state index in [1.54, 1.807) is 38.0 Å². The molecule has 0 aliphatic carbocycles. The number of benzene rings is 1. The smallest absolute Gasteiger partial charge is 0.225 e. The van der Waals surface area contributed by atoms with Crippen LogP contribution in [0.25, 0.3) is 10.9 Å². The molecule has 188 valence electrons. The van der Waals surface area contributed by atoms with Crippen molar-refractivity contribution in [2.75, 3.05) is 31.4 Å². The van der Waals surface area contributed by atoms with Crippen molar-refractivity contribution in [1.82, 2.24) is 19.5 Å². The van der Waals surface area contributed by atoms with E-state index in [-0.39, 0.29) is 28.6 Å². The van der Waals surface area contributed by atoms with E-state index >= 15 is 4.39 Å². The number of pyridine rings is 1. The molecule has 1 saturated heterocycles. The number of aromatic nitrogens is 4. The number of anilines is 1. The molecule has 4 heterocycles. The Morgan fingerprint density at radius 1 is 1.03 bits per heavy atom. The van der Waals surface area contributed by atoms with Crippen molar-refractivity contribution in [3.05, 3.63) is 71.9 Å². The summed E-state index contributed by atoms with van der Waals surface area (Å²) in [5.74, 6) is 0.272. The molecule has 1 aliphatic heterocycles. The summed E-state index contributed by atoms with van der Waals surface area (Å²) in [7, 11) is -1.98. The fraction of sp³-hybridized carbons (Fsp3) is 0.320. The second-order valence-electron chi connectivity index (χ2n) is 8.94. The zero-order valence-electron chi connectivity index (χ0n) is 19.9. The first kappa shape index (κ1) is 24.1. The molecule has 1 aliphatic rings. The second kappa shape index (κ2) is 9.45. The maximum absolute atomic E-state index is 15.0. The fourth-order valence-corrected chi connectivity index (χ4v) is 5.25. The fourth-order valence-electron chi connectivity index (χ4n) is 4.59. The third-order valence-corrected chi connectivity index (χ3v) is 7.67. The highest BCUT2D eigenvalue weighted by Gasteiger charge is 2.24. The lowest BCUT2D eigenvalue weighted by atomic mass is 9.90. The second-order valence-corrected chi connectivity index (χ2v) is 11.0. The minimum Gasteiger partial charge on any atom is -0.494 e. The van der Waals surface area contributed by atoms with Crippen LogP contribution in [0.2, 0.25) is 0 Å². The maximum Gasteiger partial charge on any atom is 0.225 e. The van der Waals surface area contributed by atoms with Gasteiger partial charge in [0.15, 0.2) is 15.6 Å². The first-order valence-corrected chi connectivity index (χ1v) is 13.4. The largest absolute Gasteiger partial charge is 0.494 e. The van der Waals surface area contributed by atoms with E-state index in [0.717, 1.165) is 43.8 Å².